The predicted molar refractivity (Wildman–Crippen MR) is 97.0 cm³/mol. The van der Waals surface area contributed by atoms with Gasteiger partial charge in [0.15, 0.2) is 11.0 Å². The Balaban J connectivity index is 1.47. The summed E-state index contributed by atoms with van der Waals surface area (Å²) in [5, 5.41) is 6.87. The lowest BCUT2D eigenvalue weighted by atomic mass is 10.1. The molecule has 0 aliphatic carbocycles. The van der Waals surface area contributed by atoms with Gasteiger partial charge in [0.1, 0.15) is 0 Å². The molecule has 1 amide bonds. The van der Waals surface area contributed by atoms with Gasteiger partial charge in [-0.25, -0.2) is 4.98 Å². The smallest absolute Gasteiger partial charge is 0.339 e. The molecule has 3 rings (SSSR count). The van der Waals surface area contributed by atoms with E-state index in [2.05, 4.69) is 20.4 Å². The number of nitrogens with one attached hydrogen (secondary N) is 1. The fraction of sp³-hybridized carbons (Fsp3) is 0.333. The average molecular weight is 410 g/mol. The molecular formula is C18H17F3N4O2S. The first kappa shape index (κ1) is 20.0. The summed E-state index contributed by atoms with van der Waals surface area (Å²) in [6, 6.07) is 5.01. The van der Waals surface area contributed by atoms with E-state index in [4.69, 9.17) is 4.52 Å². The van der Waals surface area contributed by atoms with Crippen LogP contribution in [0, 0.1) is 6.92 Å². The van der Waals surface area contributed by atoms with Crippen molar-refractivity contribution in [3.63, 3.8) is 0 Å². The molecule has 0 radical (unpaired) electrons. The van der Waals surface area contributed by atoms with E-state index in [1.807, 2.05) is 0 Å². The van der Waals surface area contributed by atoms with Crippen molar-refractivity contribution >= 4 is 22.4 Å². The maximum atomic E-state index is 12.6. The Morgan fingerprint density at radius 2 is 2.00 bits per heavy atom. The minimum Gasteiger partial charge on any atom is -0.339 e. The molecule has 28 heavy (non-hydrogen) atoms. The second-order valence-corrected chi connectivity index (χ2v) is 7.26. The van der Waals surface area contributed by atoms with Crippen LogP contribution in [-0.4, -0.2) is 21.0 Å². The number of anilines is 1. The van der Waals surface area contributed by atoms with Crippen molar-refractivity contribution in [3.05, 3.63) is 58.2 Å². The largest absolute Gasteiger partial charge is 0.416 e. The van der Waals surface area contributed by atoms with Gasteiger partial charge in [-0.3, -0.25) is 4.79 Å². The molecule has 0 atom stereocenters. The highest BCUT2D eigenvalue weighted by atomic mass is 32.1. The zero-order valence-electron chi connectivity index (χ0n) is 14.9. The third-order valence-corrected chi connectivity index (χ3v) is 4.74. The quantitative estimate of drug-likeness (QED) is 0.624. The minimum atomic E-state index is -4.34. The number of hydrogen-bond donors (Lipinski definition) is 1. The van der Waals surface area contributed by atoms with Gasteiger partial charge in [0.2, 0.25) is 11.8 Å². The lowest BCUT2D eigenvalue weighted by Gasteiger charge is -2.06. The van der Waals surface area contributed by atoms with Crippen LogP contribution in [-0.2, 0) is 23.8 Å². The fourth-order valence-corrected chi connectivity index (χ4v) is 3.35. The topological polar surface area (TPSA) is 80.9 Å². The van der Waals surface area contributed by atoms with Gasteiger partial charge in [-0.15, -0.1) is 11.3 Å². The van der Waals surface area contributed by atoms with Crippen molar-refractivity contribution in [2.45, 2.75) is 38.8 Å². The Hall–Kier alpha value is -2.75. The maximum Gasteiger partial charge on any atom is 0.416 e. The number of nitrogens with zero attached hydrogens (tertiary/aromatic N) is 3. The molecule has 10 heteroatoms. The Bertz CT molecular complexity index is 935. The molecule has 1 N–H and O–H groups in total. The molecule has 0 spiro atoms. The summed E-state index contributed by atoms with van der Waals surface area (Å²) < 4.78 is 42.8. The second kappa shape index (κ2) is 8.51. The Morgan fingerprint density at radius 1 is 1.25 bits per heavy atom. The van der Waals surface area contributed by atoms with Crippen molar-refractivity contribution < 1.29 is 22.5 Å². The lowest BCUT2D eigenvalue weighted by molar-refractivity contribution is -0.137. The van der Waals surface area contributed by atoms with E-state index >= 15 is 0 Å². The van der Waals surface area contributed by atoms with Gasteiger partial charge in [0.05, 0.1) is 5.56 Å². The third-order valence-electron chi connectivity index (χ3n) is 3.82. The average Bonchev–Trinajstić information content (AvgIpc) is 3.23. The summed E-state index contributed by atoms with van der Waals surface area (Å²) in [4.78, 5) is 21.0. The number of carbonyl (C=O) groups excluding carboxylic acids is 1. The molecule has 0 aliphatic heterocycles. The van der Waals surface area contributed by atoms with E-state index in [0.29, 0.717) is 36.1 Å². The molecule has 1 aromatic carbocycles. The summed E-state index contributed by atoms with van der Waals surface area (Å²) in [6.45, 7) is 1.73. The van der Waals surface area contributed by atoms with Gasteiger partial charge in [-0.05, 0) is 31.0 Å². The van der Waals surface area contributed by atoms with E-state index in [1.165, 1.54) is 23.5 Å². The Kier molecular flexibility index (Phi) is 6.08. The number of aryl methyl sites for hydroxylation is 2. The van der Waals surface area contributed by atoms with E-state index in [1.54, 1.807) is 13.1 Å². The molecule has 148 valence electrons. The van der Waals surface area contributed by atoms with E-state index < -0.39 is 11.7 Å². The number of amides is 1. The molecule has 0 fully saturated rings. The summed E-state index contributed by atoms with van der Waals surface area (Å²) in [5.41, 5.74) is 0.0635. The van der Waals surface area contributed by atoms with Crippen molar-refractivity contribution in [1.82, 2.24) is 15.1 Å². The number of alkyl halides is 3. The molecule has 0 aliphatic rings. The van der Waals surface area contributed by atoms with Gasteiger partial charge >= 0.3 is 6.18 Å². The molecule has 2 heterocycles. The van der Waals surface area contributed by atoms with Gasteiger partial charge < -0.3 is 9.84 Å². The number of halogens is 3. The highest BCUT2D eigenvalue weighted by Gasteiger charge is 2.29. The van der Waals surface area contributed by atoms with Crippen LogP contribution in [0.1, 0.15) is 40.6 Å². The number of carbonyl (C=O) groups is 1. The molecule has 2 aromatic heterocycles. The van der Waals surface area contributed by atoms with Gasteiger partial charge in [0, 0.05) is 30.3 Å². The van der Waals surface area contributed by atoms with Gasteiger partial charge in [-0.2, -0.15) is 18.2 Å². The fourth-order valence-electron chi connectivity index (χ4n) is 2.48. The number of rotatable bonds is 7. The summed E-state index contributed by atoms with van der Waals surface area (Å²) in [5.74, 6) is 0.882. The van der Waals surface area contributed by atoms with Gasteiger partial charge in [0.25, 0.3) is 0 Å². The molecular weight excluding hydrogens is 393 g/mol. The molecule has 0 saturated heterocycles. The van der Waals surface area contributed by atoms with Crippen LogP contribution >= 0.6 is 11.3 Å². The first-order valence-electron chi connectivity index (χ1n) is 8.49. The third kappa shape index (κ3) is 5.62. The lowest BCUT2D eigenvalue weighted by Crippen LogP contribution is -2.11. The second-order valence-electron chi connectivity index (χ2n) is 6.14. The Morgan fingerprint density at radius 3 is 2.64 bits per heavy atom. The maximum absolute atomic E-state index is 12.6. The predicted octanol–water partition coefficient (Wildman–Crippen LogP) is 4.41. The first-order valence-corrected chi connectivity index (χ1v) is 9.31. The molecule has 0 unspecified atom stereocenters. The van der Waals surface area contributed by atoms with Crippen LogP contribution in [0.25, 0.3) is 0 Å². The summed E-state index contributed by atoms with van der Waals surface area (Å²) in [7, 11) is 0. The van der Waals surface area contributed by atoms with E-state index in [9.17, 15) is 18.0 Å². The van der Waals surface area contributed by atoms with E-state index in [-0.39, 0.29) is 12.3 Å². The molecule has 0 bridgehead atoms. The molecule has 3 aromatic rings. The summed E-state index contributed by atoms with van der Waals surface area (Å²) in [6.07, 6.45) is -0.915. The van der Waals surface area contributed by atoms with Crippen molar-refractivity contribution in [2.24, 2.45) is 0 Å². The van der Waals surface area contributed by atoms with Crippen LogP contribution in [0.4, 0.5) is 18.3 Å². The zero-order chi connectivity index (χ0) is 20.1. The first-order chi connectivity index (χ1) is 13.3. The van der Waals surface area contributed by atoms with Crippen molar-refractivity contribution in [1.29, 1.82) is 0 Å². The highest BCUT2D eigenvalue weighted by molar-refractivity contribution is 7.15. The highest BCUT2D eigenvalue weighted by Crippen LogP contribution is 2.30. The number of aromatic nitrogens is 3. The zero-order valence-corrected chi connectivity index (χ0v) is 15.7. The minimum absolute atomic E-state index is 0.174. The van der Waals surface area contributed by atoms with Gasteiger partial charge in [-0.1, -0.05) is 17.3 Å². The van der Waals surface area contributed by atoms with Crippen molar-refractivity contribution in [3.8, 4) is 0 Å². The monoisotopic (exact) mass is 410 g/mol. The van der Waals surface area contributed by atoms with Crippen molar-refractivity contribution in [2.75, 3.05) is 5.32 Å². The SMILES string of the molecule is Cc1noc(CCCC(=O)Nc2ncc(Cc3ccc(C(F)(F)F)cc3)s2)n1. The summed E-state index contributed by atoms with van der Waals surface area (Å²) >= 11 is 1.29. The number of hydrogen-bond acceptors (Lipinski definition) is 6. The van der Waals surface area contributed by atoms with Crippen LogP contribution in [0.5, 0.6) is 0 Å². The molecule has 0 saturated carbocycles. The number of thiazole rings is 1. The Labute approximate surface area is 162 Å². The number of benzene rings is 1. The standard InChI is InChI=1S/C18H17F3N4O2S/c1-11-23-16(27-25-11)4-2-3-15(26)24-17-22-10-14(28-17)9-12-5-7-13(8-6-12)18(19,20)21/h5-8,10H,2-4,9H2,1H3,(H,22,24,26). The van der Waals surface area contributed by atoms with Crippen LogP contribution < -0.4 is 5.32 Å². The van der Waals surface area contributed by atoms with Crippen LogP contribution in [0.2, 0.25) is 0 Å². The normalized spacial score (nSPS) is 11.6. The van der Waals surface area contributed by atoms with E-state index in [0.717, 1.165) is 22.6 Å². The van der Waals surface area contributed by atoms with Crippen LogP contribution in [0.3, 0.4) is 0 Å². The van der Waals surface area contributed by atoms with Crippen LogP contribution in [0.15, 0.2) is 35.0 Å². The molecule has 6 nitrogen and oxygen atoms in total.